The summed E-state index contributed by atoms with van der Waals surface area (Å²) >= 11 is 5.63. The van der Waals surface area contributed by atoms with E-state index in [1.165, 1.54) is 6.20 Å². The third-order valence-corrected chi connectivity index (χ3v) is 2.15. The molecule has 0 aliphatic heterocycles. The van der Waals surface area contributed by atoms with E-state index in [0.29, 0.717) is 11.0 Å². The molecule has 0 amide bonds. The molecule has 5 heteroatoms. The maximum absolute atomic E-state index is 5.63. The predicted molar refractivity (Wildman–Crippen MR) is 57.8 cm³/mol. The molecule has 2 rings (SSSR count). The normalized spacial score (nSPS) is 12.4. The van der Waals surface area contributed by atoms with Gasteiger partial charge < -0.3 is 9.73 Å². The summed E-state index contributed by atoms with van der Waals surface area (Å²) in [7, 11) is 0. The number of hydrogen-bond donors (Lipinski definition) is 1. The SMILES string of the molecule is CC(Nc1cnc(Cl)cn1)c1ccco1. The van der Waals surface area contributed by atoms with Gasteiger partial charge in [0.05, 0.1) is 24.7 Å². The molecule has 0 spiro atoms. The third-order valence-electron chi connectivity index (χ3n) is 1.95. The summed E-state index contributed by atoms with van der Waals surface area (Å²) in [6.45, 7) is 1.98. The average molecular weight is 224 g/mol. The Hall–Kier alpha value is -1.55. The minimum atomic E-state index is 0.0514. The fraction of sp³-hybridized carbons (Fsp3) is 0.200. The largest absolute Gasteiger partial charge is 0.467 e. The van der Waals surface area contributed by atoms with E-state index in [9.17, 15) is 0 Å². The number of anilines is 1. The van der Waals surface area contributed by atoms with Crippen molar-refractivity contribution in [3.05, 3.63) is 41.7 Å². The molecule has 78 valence electrons. The second-order valence-electron chi connectivity index (χ2n) is 3.11. The van der Waals surface area contributed by atoms with Crippen molar-refractivity contribution in [1.29, 1.82) is 0 Å². The minimum Gasteiger partial charge on any atom is -0.467 e. The number of rotatable bonds is 3. The van der Waals surface area contributed by atoms with Crippen LogP contribution < -0.4 is 5.32 Å². The fourth-order valence-electron chi connectivity index (χ4n) is 1.22. The second kappa shape index (κ2) is 4.31. The van der Waals surface area contributed by atoms with Gasteiger partial charge >= 0.3 is 0 Å². The molecule has 2 heterocycles. The summed E-state index contributed by atoms with van der Waals surface area (Å²) in [5, 5.41) is 3.53. The first-order valence-electron chi connectivity index (χ1n) is 4.53. The maximum atomic E-state index is 5.63. The van der Waals surface area contributed by atoms with Crippen molar-refractivity contribution in [2.45, 2.75) is 13.0 Å². The molecule has 0 aliphatic rings. The van der Waals surface area contributed by atoms with E-state index in [1.807, 2.05) is 19.1 Å². The van der Waals surface area contributed by atoms with Gasteiger partial charge in [0.15, 0.2) is 0 Å². The Morgan fingerprint density at radius 1 is 1.40 bits per heavy atom. The first kappa shape index (κ1) is 9.98. The fourth-order valence-corrected chi connectivity index (χ4v) is 1.32. The highest BCUT2D eigenvalue weighted by atomic mass is 35.5. The summed E-state index contributed by atoms with van der Waals surface area (Å²) in [5.74, 6) is 1.52. The Kier molecular flexibility index (Phi) is 2.87. The topological polar surface area (TPSA) is 51.0 Å². The lowest BCUT2D eigenvalue weighted by Gasteiger charge is -2.11. The molecule has 0 radical (unpaired) electrons. The molecule has 4 nitrogen and oxygen atoms in total. The van der Waals surface area contributed by atoms with Crippen LogP contribution in [0.1, 0.15) is 18.7 Å². The van der Waals surface area contributed by atoms with E-state index in [-0.39, 0.29) is 6.04 Å². The number of nitrogens with one attached hydrogen (secondary N) is 1. The van der Waals surface area contributed by atoms with Gasteiger partial charge in [0.25, 0.3) is 0 Å². The predicted octanol–water partition coefficient (Wildman–Crippen LogP) is 2.90. The van der Waals surface area contributed by atoms with E-state index in [2.05, 4.69) is 15.3 Å². The number of aromatic nitrogens is 2. The van der Waals surface area contributed by atoms with Gasteiger partial charge in [-0.05, 0) is 19.1 Å². The van der Waals surface area contributed by atoms with Crippen molar-refractivity contribution in [2.75, 3.05) is 5.32 Å². The van der Waals surface area contributed by atoms with Crippen molar-refractivity contribution in [1.82, 2.24) is 9.97 Å². The highest BCUT2D eigenvalue weighted by Crippen LogP contribution is 2.17. The molecular weight excluding hydrogens is 214 g/mol. The van der Waals surface area contributed by atoms with Crippen LogP contribution in [0.4, 0.5) is 5.82 Å². The summed E-state index contributed by atoms with van der Waals surface area (Å²) in [4.78, 5) is 8.00. The zero-order valence-corrected chi connectivity index (χ0v) is 8.90. The van der Waals surface area contributed by atoms with E-state index < -0.39 is 0 Å². The average Bonchev–Trinajstić information content (AvgIpc) is 2.74. The third kappa shape index (κ3) is 2.47. The monoisotopic (exact) mass is 223 g/mol. The summed E-state index contributed by atoms with van der Waals surface area (Å²) in [5.41, 5.74) is 0. The van der Waals surface area contributed by atoms with Crippen LogP contribution in [0.5, 0.6) is 0 Å². The van der Waals surface area contributed by atoms with E-state index in [4.69, 9.17) is 16.0 Å². The Balaban J connectivity index is 2.06. The van der Waals surface area contributed by atoms with Crippen LogP contribution in [0, 0.1) is 0 Å². The molecule has 15 heavy (non-hydrogen) atoms. The zero-order valence-electron chi connectivity index (χ0n) is 8.14. The molecule has 0 bridgehead atoms. The van der Waals surface area contributed by atoms with Crippen LogP contribution in [-0.4, -0.2) is 9.97 Å². The second-order valence-corrected chi connectivity index (χ2v) is 3.49. The molecular formula is C10H10ClN3O. The lowest BCUT2D eigenvalue weighted by atomic mass is 10.2. The van der Waals surface area contributed by atoms with Gasteiger partial charge in [0.1, 0.15) is 16.7 Å². The quantitative estimate of drug-likeness (QED) is 0.869. The van der Waals surface area contributed by atoms with Gasteiger partial charge in [-0.2, -0.15) is 0 Å². The van der Waals surface area contributed by atoms with Crippen LogP contribution >= 0.6 is 11.6 Å². The molecule has 2 aromatic rings. The highest BCUT2D eigenvalue weighted by Gasteiger charge is 2.08. The van der Waals surface area contributed by atoms with E-state index >= 15 is 0 Å². The molecule has 1 N–H and O–H groups in total. The molecule has 0 fully saturated rings. The van der Waals surface area contributed by atoms with Crippen molar-refractivity contribution < 1.29 is 4.42 Å². The Bertz CT molecular complexity index is 413. The van der Waals surface area contributed by atoms with Crippen LogP contribution in [-0.2, 0) is 0 Å². The molecule has 0 aliphatic carbocycles. The minimum absolute atomic E-state index is 0.0514. The van der Waals surface area contributed by atoms with Gasteiger partial charge in [-0.25, -0.2) is 9.97 Å². The van der Waals surface area contributed by atoms with Gasteiger partial charge in [-0.15, -0.1) is 0 Å². The van der Waals surface area contributed by atoms with Gasteiger partial charge in [-0.1, -0.05) is 11.6 Å². The molecule has 0 saturated carbocycles. The zero-order chi connectivity index (χ0) is 10.7. The molecule has 0 aromatic carbocycles. The summed E-state index contributed by atoms with van der Waals surface area (Å²) in [6.07, 6.45) is 4.72. The van der Waals surface area contributed by atoms with Gasteiger partial charge in [0.2, 0.25) is 0 Å². The molecule has 2 aromatic heterocycles. The Morgan fingerprint density at radius 3 is 2.87 bits per heavy atom. The van der Waals surface area contributed by atoms with Gasteiger partial charge in [0, 0.05) is 0 Å². The Morgan fingerprint density at radius 2 is 2.27 bits per heavy atom. The van der Waals surface area contributed by atoms with E-state index in [0.717, 1.165) is 5.76 Å². The van der Waals surface area contributed by atoms with Crippen LogP contribution in [0.15, 0.2) is 35.2 Å². The first-order valence-corrected chi connectivity index (χ1v) is 4.91. The van der Waals surface area contributed by atoms with Crippen LogP contribution in [0.2, 0.25) is 5.15 Å². The molecule has 1 unspecified atom stereocenters. The number of furan rings is 1. The lowest BCUT2D eigenvalue weighted by molar-refractivity contribution is 0.490. The van der Waals surface area contributed by atoms with Crippen molar-refractivity contribution in [2.24, 2.45) is 0 Å². The Labute approximate surface area is 92.3 Å². The van der Waals surface area contributed by atoms with Crippen LogP contribution in [0.3, 0.4) is 0 Å². The number of nitrogens with zero attached hydrogens (tertiary/aromatic N) is 2. The number of hydrogen-bond acceptors (Lipinski definition) is 4. The van der Waals surface area contributed by atoms with Crippen molar-refractivity contribution in [3.63, 3.8) is 0 Å². The summed E-state index contributed by atoms with van der Waals surface area (Å²) < 4.78 is 5.25. The number of halogens is 1. The molecule has 1 atom stereocenters. The van der Waals surface area contributed by atoms with Crippen molar-refractivity contribution >= 4 is 17.4 Å². The van der Waals surface area contributed by atoms with Gasteiger partial charge in [-0.3, -0.25) is 0 Å². The maximum Gasteiger partial charge on any atom is 0.147 e. The smallest absolute Gasteiger partial charge is 0.147 e. The highest BCUT2D eigenvalue weighted by molar-refractivity contribution is 6.29. The molecule has 0 saturated heterocycles. The van der Waals surface area contributed by atoms with Crippen LogP contribution in [0.25, 0.3) is 0 Å². The summed E-state index contributed by atoms with van der Waals surface area (Å²) in [6, 6.07) is 3.80. The van der Waals surface area contributed by atoms with Crippen molar-refractivity contribution in [3.8, 4) is 0 Å². The lowest BCUT2D eigenvalue weighted by Crippen LogP contribution is -2.07. The van der Waals surface area contributed by atoms with E-state index in [1.54, 1.807) is 12.5 Å². The standard InChI is InChI=1S/C10H10ClN3O/c1-7(8-3-2-4-15-8)14-10-6-12-9(11)5-13-10/h2-7H,1H3,(H,13,14). The first-order chi connectivity index (χ1) is 7.25.